The van der Waals surface area contributed by atoms with Crippen LogP contribution in [0.15, 0.2) is 59.5 Å². The SMILES string of the molecule is CC(C)(C)NS(=O)(=O)c1cc(C(=O)NNC(=O)c2cc(-c3ccccc3)n[nH]2)ccc1Cl. The van der Waals surface area contributed by atoms with E-state index < -0.39 is 27.4 Å². The van der Waals surface area contributed by atoms with Crippen LogP contribution in [0.2, 0.25) is 5.02 Å². The summed E-state index contributed by atoms with van der Waals surface area (Å²) in [6.07, 6.45) is 0. The van der Waals surface area contributed by atoms with Crippen LogP contribution in [0.5, 0.6) is 0 Å². The van der Waals surface area contributed by atoms with Crippen molar-refractivity contribution in [1.29, 1.82) is 0 Å². The van der Waals surface area contributed by atoms with Gasteiger partial charge in [-0.15, -0.1) is 0 Å². The Morgan fingerprint density at radius 3 is 2.28 bits per heavy atom. The molecule has 0 bridgehead atoms. The number of nitrogens with zero attached hydrogens (tertiary/aromatic N) is 1. The number of nitrogens with one attached hydrogen (secondary N) is 4. The number of hydrogen-bond donors (Lipinski definition) is 4. The Kier molecular flexibility index (Phi) is 6.68. The van der Waals surface area contributed by atoms with Crippen LogP contribution in [-0.2, 0) is 10.0 Å². The highest BCUT2D eigenvalue weighted by Gasteiger charge is 2.25. The highest BCUT2D eigenvalue weighted by Crippen LogP contribution is 2.24. The zero-order chi connectivity index (χ0) is 23.5. The van der Waals surface area contributed by atoms with E-state index in [2.05, 4.69) is 25.8 Å². The van der Waals surface area contributed by atoms with E-state index >= 15 is 0 Å². The predicted octanol–water partition coefficient (Wildman–Crippen LogP) is 2.88. The molecule has 9 nitrogen and oxygen atoms in total. The molecule has 0 radical (unpaired) electrons. The molecule has 4 N–H and O–H groups in total. The van der Waals surface area contributed by atoms with E-state index in [-0.39, 0.29) is 21.2 Å². The van der Waals surface area contributed by atoms with Gasteiger partial charge in [0.25, 0.3) is 11.8 Å². The molecule has 2 aromatic carbocycles. The van der Waals surface area contributed by atoms with Crippen LogP contribution >= 0.6 is 11.6 Å². The summed E-state index contributed by atoms with van der Waals surface area (Å²) >= 11 is 6.04. The van der Waals surface area contributed by atoms with Gasteiger partial charge in [-0.05, 0) is 45.0 Å². The number of H-pyrrole nitrogens is 1. The molecule has 32 heavy (non-hydrogen) atoms. The Bertz CT molecular complexity index is 1250. The summed E-state index contributed by atoms with van der Waals surface area (Å²) in [5, 5.41) is 6.66. The molecule has 11 heteroatoms. The normalized spacial score (nSPS) is 11.8. The van der Waals surface area contributed by atoms with Crippen molar-refractivity contribution in [3.8, 4) is 11.3 Å². The third-order valence-electron chi connectivity index (χ3n) is 4.11. The molecule has 0 atom stereocenters. The first-order valence-electron chi connectivity index (χ1n) is 9.51. The van der Waals surface area contributed by atoms with E-state index in [0.29, 0.717) is 5.69 Å². The molecule has 0 aliphatic heterocycles. The molecule has 3 rings (SSSR count). The van der Waals surface area contributed by atoms with Crippen molar-refractivity contribution in [3.05, 3.63) is 70.9 Å². The van der Waals surface area contributed by atoms with E-state index in [0.717, 1.165) is 11.6 Å². The van der Waals surface area contributed by atoms with Gasteiger partial charge < -0.3 is 0 Å². The maximum atomic E-state index is 12.6. The number of carbonyl (C=O) groups is 2. The van der Waals surface area contributed by atoms with Gasteiger partial charge in [0.05, 0.1) is 10.7 Å². The summed E-state index contributed by atoms with van der Waals surface area (Å²) in [4.78, 5) is 24.6. The van der Waals surface area contributed by atoms with Gasteiger partial charge >= 0.3 is 0 Å². The maximum absolute atomic E-state index is 12.6. The number of sulfonamides is 1. The molecule has 0 aliphatic rings. The standard InChI is InChI=1S/C21H22ClN5O4S/c1-21(2,3)27-32(30,31)18-11-14(9-10-15(18)22)19(28)25-26-20(29)17-12-16(23-24-17)13-7-5-4-6-8-13/h4-12,27H,1-3H3,(H,23,24)(H,25,28)(H,26,29). The summed E-state index contributed by atoms with van der Waals surface area (Å²) in [5.41, 5.74) is 5.30. The number of carbonyl (C=O) groups excluding carboxylic acids is 2. The number of halogens is 1. The minimum absolute atomic E-state index is 0.00132. The average molecular weight is 476 g/mol. The lowest BCUT2D eigenvalue weighted by molar-refractivity contribution is 0.0844. The Labute approximate surface area is 190 Å². The van der Waals surface area contributed by atoms with Crippen LogP contribution in [0.4, 0.5) is 0 Å². The lowest BCUT2D eigenvalue weighted by atomic mass is 10.1. The molecule has 0 spiro atoms. The van der Waals surface area contributed by atoms with Crippen molar-refractivity contribution in [2.24, 2.45) is 0 Å². The number of rotatable bonds is 5. The van der Waals surface area contributed by atoms with Crippen LogP contribution < -0.4 is 15.6 Å². The molecule has 2 amide bonds. The summed E-state index contributed by atoms with van der Waals surface area (Å²) in [5.74, 6) is -1.34. The largest absolute Gasteiger partial charge is 0.287 e. The Morgan fingerprint density at radius 2 is 1.62 bits per heavy atom. The van der Waals surface area contributed by atoms with Crippen molar-refractivity contribution in [1.82, 2.24) is 25.8 Å². The van der Waals surface area contributed by atoms with Crippen molar-refractivity contribution < 1.29 is 18.0 Å². The number of aromatic amines is 1. The lowest BCUT2D eigenvalue weighted by Gasteiger charge is -2.21. The fourth-order valence-corrected chi connectivity index (χ4v) is 4.70. The first-order valence-corrected chi connectivity index (χ1v) is 11.4. The highest BCUT2D eigenvalue weighted by molar-refractivity contribution is 7.89. The zero-order valence-corrected chi connectivity index (χ0v) is 19.1. The van der Waals surface area contributed by atoms with E-state index in [4.69, 9.17) is 11.6 Å². The van der Waals surface area contributed by atoms with Crippen molar-refractivity contribution >= 4 is 33.4 Å². The van der Waals surface area contributed by atoms with Gasteiger partial charge in [0, 0.05) is 16.7 Å². The number of amides is 2. The molecule has 0 fully saturated rings. The van der Waals surface area contributed by atoms with Gasteiger partial charge in [-0.1, -0.05) is 41.9 Å². The Hall–Kier alpha value is -3.21. The van der Waals surface area contributed by atoms with Crippen molar-refractivity contribution in [3.63, 3.8) is 0 Å². The molecular weight excluding hydrogens is 454 g/mol. The fraction of sp³-hybridized carbons (Fsp3) is 0.190. The van der Waals surface area contributed by atoms with E-state index in [1.807, 2.05) is 30.3 Å². The maximum Gasteiger partial charge on any atom is 0.287 e. The second-order valence-corrected chi connectivity index (χ2v) is 10.00. The molecule has 0 aliphatic carbocycles. The molecule has 1 heterocycles. The molecule has 0 saturated carbocycles. The Morgan fingerprint density at radius 1 is 0.969 bits per heavy atom. The van der Waals surface area contributed by atoms with E-state index in [1.165, 1.54) is 12.1 Å². The van der Waals surface area contributed by atoms with Crippen molar-refractivity contribution in [2.45, 2.75) is 31.2 Å². The summed E-state index contributed by atoms with van der Waals surface area (Å²) < 4.78 is 27.7. The molecule has 0 saturated heterocycles. The van der Waals surface area contributed by atoms with Crippen LogP contribution in [0, 0.1) is 0 Å². The van der Waals surface area contributed by atoms with Crippen molar-refractivity contribution in [2.75, 3.05) is 0 Å². The summed E-state index contributed by atoms with van der Waals surface area (Å²) in [6, 6.07) is 14.6. The Balaban J connectivity index is 1.70. The molecular formula is C21H22ClN5O4S. The lowest BCUT2D eigenvalue weighted by Crippen LogP contribution is -2.42. The van der Waals surface area contributed by atoms with E-state index in [1.54, 1.807) is 26.8 Å². The fourth-order valence-electron chi connectivity index (χ4n) is 2.76. The van der Waals surface area contributed by atoms with Crippen LogP contribution in [0.25, 0.3) is 11.3 Å². The van der Waals surface area contributed by atoms with Gasteiger partial charge in [0.15, 0.2) is 0 Å². The molecule has 3 aromatic rings. The monoisotopic (exact) mass is 475 g/mol. The van der Waals surface area contributed by atoms with Gasteiger partial charge in [0.2, 0.25) is 10.0 Å². The third kappa shape index (κ3) is 5.72. The molecule has 0 unspecified atom stereocenters. The number of hydrazine groups is 1. The quantitative estimate of drug-likeness (QED) is 0.421. The minimum Gasteiger partial charge on any atom is -0.272 e. The van der Waals surface area contributed by atoms with Crippen LogP contribution in [0.3, 0.4) is 0 Å². The third-order valence-corrected chi connectivity index (χ3v) is 6.34. The second kappa shape index (κ2) is 9.11. The molecule has 168 valence electrons. The van der Waals surface area contributed by atoms with Gasteiger partial charge in [0.1, 0.15) is 10.6 Å². The minimum atomic E-state index is -3.97. The number of hydrogen-bond acceptors (Lipinski definition) is 5. The smallest absolute Gasteiger partial charge is 0.272 e. The second-order valence-electron chi connectivity index (χ2n) is 7.94. The first-order chi connectivity index (χ1) is 15.0. The van der Waals surface area contributed by atoms with Gasteiger partial charge in [-0.25, -0.2) is 13.1 Å². The van der Waals surface area contributed by atoms with Gasteiger partial charge in [-0.2, -0.15) is 5.10 Å². The number of benzene rings is 2. The highest BCUT2D eigenvalue weighted by atomic mass is 35.5. The predicted molar refractivity (Wildman–Crippen MR) is 120 cm³/mol. The molecule has 1 aromatic heterocycles. The van der Waals surface area contributed by atoms with Crippen LogP contribution in [-0.4, -0.2) is 36.0 Å². The zero-order valence-electron chi connectivity index (χ0n) is 17.6. The van der Waals surface area contributed by atoms with E-state index in [9.17, 15) is 18.0 Å². The first kappa shape index (κ1) is 23.5. The average Bonchev–Trinajstić information content (AvgIpc) is 3.21. The number of aromatic nitrogens is 2. The topological polar surface area (TPSA) is 133 Å². The van der Waals surface area contributed by atoms with Crippen LogP contribution in [0.1, 0.15) is 41.6 Å². The summed E-state index contributed by atoms with van der Waals surface area (Å²) in [6.45, 7) is 5.05. The van der Waals surface area contributed by atoms with Gasteiger partial charge in [-0.3, -0.25) is 25.5 Å². The summed E-state index contributed by atoms with van der Waals surface area (Å²) in [7, 11) is -3.97.